The minimum absolute atomic E-state index is 0. The topological polar surface area (TPSA) is 26.3 Å². The van der Waals surface area contributed by atoms with E-state index in [9.17, 15) is 4.79 Å². The van der Waals surface area contributed by atoms with Gasteiger partial charge in [0.2, 0.25) is 0 Å². The Kier molecular flexibility index (Phi) is 0.706. The van der Waals surface area contributed by atoms with E-state index in [1.165, 1.54) is 0 Å². The number of hydrogen-bond acceptors (Lipinski definition) is 2. The van der Waals surface area contributed by atoms with E-state index < -0.39 is 0 Å². The molecular formula is C7H6HfO2. The van der Waals surface area contributed by atoms with E-state index >= 15 is 0 Å². The van der Waals surface area contributed by atoms with Gasteiger partial charge in [0.15, 0.2) is 0 Å². The van der Waals surface area contributed by atoms with Gasteiger partial charge in [-0.1, -0.05) is 0 Å². The standard InChI is InChI=1S/C7H6O2.Hf/c8-1-9-7-4-2-3(4)6(7)5(2)7;/h1-6H;. The minimum atomic E-state index is 0. The molecule has 3 heteroatoms. The third-order valence-electron chi connectivity index (χ3n) is 4.06. The molecule has 0 saturated heterocycles. The molecule has 4 unspecified atom stereocenters. The number of ether oxygens (including phenoxy) is 1. The van der Waals surface area contributed by atoms with Gasteiger partial charge in [-0.25, -0.2) is 0 Å². The second-order valence-electron chi connectivity index (χ2n) is 3.80. The molecule has 50 valence electrons. The molecule has 0 aromatic rings. The Morgan fingerprint density at radius 2 is 1.80 bits per heavy atom. The molecule has 2 nitrogen and oxygen atoms in total. The summed E-state index contributed by atoms with van der Waals surface area (Å²) in [5.74, 6) is 4.58. The summed E-state index contributed by atoms with van der Waals surface area (Å²) in [5, 5.41) is 0. The van der Waals surface area contributed by atoms with E-state index in [1.54, 1.807) is 0 Å². The van der Waals surface area contributed by atoms with Crippen LogP contribution in [0.2, 0.25) is 0 Å². The zero-order chi connectivity index (χ0) is 5.80. The largest absolute Gasteiger partial charge is 0.460 e. The summed E-state index contributed by atoms with van der Waals surface area (Å²) < 4.78 is 5.04. The Morgan fingerprint density at radius 3 is 2.20 bits per heavy atom. The van der Waals surface area contributed by atoms with Gasteiger partial charge in [0.05, 0.1) is 0 Å². The van der Waals surface area contributed by atoms with Crippen LogP contribution in [0.4, 0.5) is 0 Å². The van der Waals surface area contributed by atoms with Crippen molar-refractivity contribution in [2.75, 3.05) is 0 Å². The van der Waals surface area contributed by atoms with Gasteiger partial charge in [-0.3, -0.25) is 4.79 Å². The molecule has 0 spiro atoms. The van der Waals surface area contributed by atoms with Crippen LogP contribution in [-0.4, -0.2) is 12.1 Å². The van der Waals surface area contributed by atoms with E-state index in [0.29, 0.717) is 6.47 Å². The summed E-state index contributed by atoms with van der Waals surface area (Å²) in [6.45, 7) is 0.637. The molecule has 5 aliphatic rings. The van der Waals surface area contributed by atoms with Gasteiger partial charge in [0.1, 0.15) is 5.60 Å². The van der Waals surface area contributed by atoms with Crippen molar-refractivity contribution in [3.05, 3.63) is 0 Å². The van der Waals surface area contributed by atoms with Crippen LogP contribution in [-0.2, 0) is 35.4 Å². The molecule has 10 heavy (non-hydrogen) atoms. The predicted octanol–water partition coefficient (Wildman–Crippen LogP) is 0.0311. The maximum Gasteiger partial charge on any atom is 0.293 e. The molecule has 5 rings (SSSR count). The monoisotopic (exact) mass is 302 g/mol. The first-order valence-corrected chi connectivity index (χ1v) is 3.54. The van der Waals surface area contributed by atoms with Gasteiger partial charge in [-0.05, 0) is 11.8 Å². The van der Waals surface area contributed by atoms with Crippen LogP contribution in [0.15, 0.2) is 0 Å². The average Bonchev–Trinajstić information content (AvgIpc) is 2.28. The molecule has 0 N–H and O–H groups in total. The molecule has 0 amide bonds. The molecule has 4 atom stereocenters. The van der Waals surface area contributed by atoms with E-state index in [-0.39, 0.29) is 31.4 Å². The van der Waals surface area contributed by atoms with Crippen molar-refractivity contribution in [2.24, 2.45) is 29.6 Å². The van der Waals surface area contributed by atoms with E-state index in [0.717, 1.165) is 29.6 Å². The van der Waals surface area contributed by atoms with E-state index in [1.807, 2.05) is 0 Å². The van der Waals surface area contributed by atoms with Crippen LogP contribution in [0, 0.1) is 29.6 Å². The van der Waals surface area contributed by atoms with Crippen molar-refractivity contribution in [1.82, 2.24) is 0 Å². The van der Waals surface area contributed by atoms with Crippen molar-refractivity contribution in [1.29, 1.82) is 0 Å². The van der Waals surface area contributed by atoms with Gasteiger partial charge in [-0.15, -0.1) is 0 Å². The molecule has 0 aliphatic heterocycles. The van der Waals surface area contributed by atoms with Crippen molar-refractivity contribution in [3.63, 3.8) is 0 Å². The normalized spacial score (nSPS) is 75.0. The molecule has 0 aromatic heterocycles. The molecule has 0 bridgehead atoms. The Morgan fingerprint density at radius 1 is 1.20 bits per heavy atom. The molecular weight excluding hydrogens is 295 g/mol. The van der Waals surface area contributed by atoms with Gasteiger partial charge in [-0.2, -0.15) is 0 Å². The Hall–Kier alpha value is 0.340. The quantitative estimate of drug-likeness (QED) is 0.531. The van der Waals surface area contributed by atoms with Crippen LogP contribution < -0.4 is 0 Å². The number of rotatable bonds is 2. The maximum atomic E-state index is 9.99. The van der Waals surface area contributed by atoms with Crippen LogP contribution in [0.1, 0.15) is 0 Å². The number of carbonyl (C=O) groups excluding carboxylic acids is 1. The fraction of sp³-hybridized carbons (Fsp3) is 0.857. The Balaban J connectivity index is 0.000000360. The van der Waals surface area contributed by atoms with Crippen molar-refractivity contribution in [2.45, 2.75) is 5.60 Å². The zero-order valence-electron chi connectivity index (χ0n) is 5.28. The maximum absolute atomic E-state index is 9.99. The first-order chi connectivity index (χ1) is 4.43. The summed E-state index contributed by atoms with van der Waals surface area (Å²) in [7, 11) is 0. The van der Waals surface area contributed by atoms with Crippen LogP contribution in [0.3, 0.4) is 0 Å². The molecule has 0 aromatic carbocycles. The Bertz CT molecular complexity index is 210. The second kappa shape index (κ2) is 1.19. The fourth-order valence-electron chi connectivity index (χ4n) is 3.79. The molecule has 5 fully saturated rings. The van der Waals surface area contributed by atoms with Crippen LogP contribution in [0.5, 0.6) is 0 Å². The SMILES string of the molecule is O=COC12C3C4C3C1C42.[Hf]. The summed E-state index contributed by atoms with van der Waals surface area (Å²) in [6.07, 6.45) is 0. The van der Waals surface area contributed by atoms with Gasteiger partial charge < -0.3 is 4.74 Å². The van der Waals surface area contributed by atoms with E-state index in [2.05, 4.69) is 0 Å². The van der Waals surface area contributed by atoms with Crippen molar-refractivity contribution < 1.29 is 35.4 Å². The smallest absolute Gasteiger partial charge is 0.293 e. The first-order valence-electron chi connectivity index (χ1n) is 3.54. The van der Waals surface area contributed by atoms with E-state index in [4.69, 9.17) is 4.74 Å². The van der Waals surface area contributed by atoms with Gasteiger partial charge >= 0.3 is 0 Å². The molecule has 0 radical (unpaired) electrons. The summed E-state index contributed by atoms with van der Waals surface area (Å²) >= 11 is 0. The van der Waals surface area contributed by atoms with Gasteiger partial charge in [0, 0.05) is 43.6 Å². The zero-order valence-corrected chi connectivity index (χ0v) is 8.87. The first kappa shape index (κ1) is 5.92. The predicted molar refractivity (Wildman–Crippen MR) is 27.3 cm³/mol. The van der Waals surface area contributed by atoms with Gasteiger partial charge in [0.25, 0.3) is 6.47 Å². The number of carbonyl (C=O) groups is 1. The molecule has 5 saturated carbocycles. The Labute approximate surface area is 77.1 Å². The summed E-state index contributed by atoms with van der Waals surface area (Å²) in [6, 6.07) is 0. The average molecular weight is 301 g/mol. The van der Waals surface area contributed by atoms with Crippen LogP contribution >= 0.6 is 0 Å². The fourth-order valence-corrected chi connectivity index (χ4v) is 3.79. The molecule has 5 aliphatic carbocycles. The minimum Gasteiger partial charge on any atom is -0.460 e. The van der Waals surface area contributed by atoms with Crippen LogP contribution in [0.25, 0.3) is 0 Å². The number of hydrogen-bond donors (Lipinski definition) is 0. The van der Waals surface area contributed by atoms with Crippen molar-refractivity contribution >= 4 is 6.47 Å². The second-order valence-corrected chi connectivity index (χ2v) is 3.80. The third kappa shape index (κ3) is 0.251. The molecule has 0 heterocycles. The van der Waals surface area contributed by atoms with Crippen molar-refractivity contribution in [3.8, 4) is 0 Å². The summed E-state index contributed by atoms with van der Waals surface area (Å²) in [5.41, 5.74) is 0.164. The third-order valence-corrected chi connectivity index (χ3v) is 4.06. The summed E-state index contributed by atoms with van der Waals surface area (Å²) in [4.78, 5) is 9.99.